The van der Waals surface area contributed by atoms with E-state index >= 15 is 0 Å². The monoisotopic (exact) mass is 197 g/mol. The number of anilines is 1. The van der Waals surface area contributed by atoms with Crippen molar-refractivity contribution in [2.45, 2.75) is 0 Å². The predicted octanol–water partition coefficient (Wildman–Crippen LogP) is 0.523. The number of hydrogen-bond acceptors (Lipinski definition) is 4. The molecule has 2 aromatic rings. The Labute approximate surface area is 77.1 Å². The molecule has 14 heavy (non-hydrogen) atoms. The summed E-state index contributed by atoms with van der Waals surface area (Å²) in [5, 5.41) is 10.1. The molecular formula is C7H5F2N5. The molecule has 0 spiro atoms. The molecule has 0 aliphatic carbocycles. The summed E-state index contributed by atoms with van der Waals surface area (Å²) in [6.45, 7) is 0. The first-order chi connectivity index (χ1) is 6.68. The first-order valence-electron chi connectivity index (χ1n) is 3.66. The summed E-state index contributed by atoms with van der Waals surface area (Å²) < 4.78 is 26.9. The van der Waals surface area contributed by atoms with Crippen molar-refractivity contribution < 1.29 is 8.78 Å². The highest BCUT2D eigenvalue weighted by atomic mass is 19.1. The molecule has 5 nitrogen and oxygen atoms in total. The van der Waals surface area contributed by atoms with Crippen LogP contribution in [0.2, 0.25) is 0 Å². The van der Waals surface area contributed by atoms with Crippen LogP contribution in [0.5, 0.6) is 0 Å². The van der Waals surface area contributed by atoms with Crippen molar-refractivity contribution in [3.63, 3.8) is 0 Å². The molecule has 2 N–H and O–H groups in total. The first kappa shape index (κ1) is 8.54. The third-order valence-corrected chi connectivity index (χ3v) is 1.64. The lowest BCUT2D eigenvalue weighted by Gasteiger charge is -2.04. The summed E-state index contributed by atoms with van der Waals surface area (Å²) in [6.07, 6.45) is 1.17. The van der Waals surface area contributed by atoms with E-state index in [-0.39, 0.29) is 11.4 Å². The van der Waals surface area contributed by atoms with E-state index in [0.717, 1.165) is 10.7 Å². The van der Waals surface area contributed by atoms with Crippen LogP contribution >= 0.6 is 0 Å². The Bertz CT molecular complexity index is 430. The molecule has 0 aliphatic heterocycles. The van der Waals surface area contributed by atoms with E-state index < -0.39 is 11.6 Å². The van der Waals surface area contributed by atoms with Crippen LogP contribution in [0, 0.1) is 11.6 Å². The Morgan fingerprint density at radius 3 is 2.64 bits per heavy atom. The fourth-order valence-corrected chi connectivity index (χ4v) is 1.09. The second-order valence-corrected chi connectivity index (χ2v) is 2.58. The van der Waals surface area contributed by atoms with E-state index in [4.69, 9.17) is 5.73 Å². The lowest BCUT2D eigenvalue weighted by Crippen LogP contribution is -2.04. The maximum atomic E-state index is 13.2. The zero-order valence-corrected chi connectivity index (χ0v) is 6.85. The third kappa shape index (κ3) is 1.28. The van der Waals surface area contributed by atoms with Crippen LogP contribution in [0.1, 0.15) is 0 Å². The second kappa shape index (κ2) is 3.02. The van der Waals surface area contributed by atoms with Gasteiger partial charge in [0.1, 0.15) is 17.8 Å². The van der Waals surface area contributed by atoms with Gasteiger partial charge in [0.05, 0.1) is 5.69 Å². The Morgan fingerprint density at radius 2 is 2.07 bits per heavy atom. The predicted molar refractivity (Wildman–Crippen MR) is 43.5 cm³/mol. The van der Waals surface area contributed by atoms with Crippen LogP contribution in [0.15, 0.2) is 18.5 Å². The minimum Gasteiger partial charge on any atom is -0.397 e. The van der Waals surface area contributed by atoms with Gasteiger partial charge in [0.15, 0.2) is 5.82 Å². The number of benzene rings is 1. The number of halogens is 2. The Balaban J connectivity index is 2.64. The molecule has 0 amide bonds. The Morgan fingerprint density at radius 1 is 1.29 bits per heavy atom. The normalized spacial score (nSPS) is 10.4. The van der Waals surface area contributed by atoms with Gasteiger partial charge in [-0.1, -0.05) is 0 Å². The van der Waals surface area contributed by atoms with Crippen LogP contribution in [0.4, 0.5) is 14.5 Å². The molecule has 0 bridgehead atoms. The number of aromatic nitrogens is 4. The topological polar surface area (TPSA) is 69.6 Å². The molecule has 0 radical (unpaired) electrons. The molecule has 0 atom stereocenters. The van der Waals surface area contributed by atoms with Gasteiger partial charge in [-0.05, 0) is 16.5 Å². The molecule has 1 aromatic heterocycles. The van der Waals surface area contributed by atoms with Crippen molar-refractivity contribution in [2.75, 3.05) is 5.73 Å². The molecule has 1 heterocycles. The molecule has 7 heteroatoms. The van der Waals surface area contributed by atoms with Gasteiger partial charge < -0.3 is 5.73 Å². The highest BCUT2D eigenvalue weighted by molar-refractivity contribution is 5.57. The number of tetrazole rings is 1. The fourth-order valence-electron chi connectivity index (χ4n) is 1.09. The van der Waals surface area contributed by atoms with Gasteiger partial charge in [0.25, 0.3) is 0 Å². The van der Waals surface area contributed by atoms with Gasteiger partial charge in [0.2, 0.25) is 0 Å². The van der Waals surface area contributed by atoms with Crippen LogP contribution in [-0.4, -0.2) is 20.2 Å². The maximum Gasteiger partial charge on any atom is 0.154 e. The van der Waals surface area contributed by atoms with E-state index in [9.17, 15) is 8.78 Å². The summed E-state index contributed by atoms with van der Waals surface area (Å²) in [7, 11) is 0. The van der Waals surface area contributed by atoms with E-state index in [0.29, 0.717) is 6.07 Å². The number of nitrogen functional groups attached to an aromatic ring is 1. The largest absolute Gasteiger partial charge is 0.397 e. The van der Waals surface area contributed by atoms with Crippen molar-refractivity contribution in [2.24, 2.45) is 0 Å². The molecule has 72 valence electrons. The molecule has 0 saturated heterocycles. The standard InChI is InChI=1S/C7H5F2N5/c8-4-1-5(9)7(6(10)2-4)14-3-11-12-13-14/h1-3H,10H2. The van der Waals surface area contributed by atoms with Crippen LogP contribution in [-0.2, 0) is 0 Å². The van der Waals surface area contributed by atoms with Gasteiger partial charge in [0, 0.05) is 6.07 Å². The number of nitrogens with two attached hydrogens (primary N) is 1. The number of nitrogens with zero attached hydrogens (tertiary/aromatic N) is 4. The van der Waals surface area contributed by atoms with Gasteiger partial charge in [-0.2, -0.15) is 4.68 Å². The van der Waals surface area contributed by atoms with E-state index in [1.54, 1.807) is 0 Å². The summed E-state index contributed by atoms with van der Waals surface area (Å²) in [6, 6.07) is 1.72. The van der Waals surface area contributed by atoms with Crippen LogP contribution in [0.25, 0.3) is 5.69 Å². The van der Waals surface area contributed by atoms with Gasteiger partial charge in [-0.15, -0.1) is 5.10 Å². The zero-order valence-electron chi connectivity index (χ0n) is 6.85. The SMILES string of the molecule is Nc1cc(F)cc(F)c1-n1cnnn1. The van der Waals surface area contributed by atoms with E-state index in [1.807, 2.05) is 0 Å². The van der Waals surface area contributed by atoms with Crippen molar-refractivity contribution >= 4 is 5.69 Å². The zero-order chi connectivity index (χ0) is 10.1. The minimum absolute atomic E-state index is 0.0589. The molecule has 1 aromatic carbocycles. The van der Waals surface area contributed by atoms with Gasteiger partial charge in [-0.3, -0.25) is 0 Å². The average Bonchev–Trinajstić information content (AvgIpc) is 2.54. The van der Waals surface area contributed by atoms with Crippen molar-refractivity contribution in [1.82, 2.24) is 20.2 Å². The highest BCUT2D eigenvalue weighted by Gasteiger charge is 2.11. The summed E-state index contributed by atoms with van der Waals surface area (Å²) >= 11 is 0. The van der Waals surface area contributed by atoms with Gasteiger partial charge in [-0.25, -0.2) is 8.78 Å². The van der Waals surface area contributed by atoms with Crippen molar-refractivity contribution in [3.05, 3.63) is 30.1 Å². The molecule has 0 saturated carbocycles. The van der Waals surface area contributed by atoms with Crippen molar-refractivity contribution in [1.29, 1.82) is 0 Å². The van der Waals surface area contributed by atoms with Crippen LogP contribution < -0.4 is 5.73 Å². The maximum absolute atomic E-state index is 13.2. The lowest BCUT2D eigenvalue weighted by molar-refractivity contribution is 0.573. The van der Waals surface area contributed by atoms with E-state index in [1.165, 1.54) is 6.33 Å². The smallest absolute Gasteiger partial charge is 0.154 e. The minimum atomic E-state index is -0.810. The third-order valence-electron chi connectivity index (χ3n) is 1.64. The first-order valence-corrected chi connectivity index (χ1v) is 3.66. The molecule has 0 fully saturated rings. The van der Waals surface area contributed by atoms with Gasteiger partial charge >= 0.3 is 0 Å². The van der Waals surface area contributed by atoms with Crippen LogP contribution in [0.3, 0.4) is 0 Å². The number of rotatable bonds is 1. The molecular weight excluding hydrogens is 192 g/mol. The Hall–Kier alpha value is -2.05. The quantitative estimate of drug-likeness (QED) is 0.676. The summed E-state index contributed by atoms with van der Waals surface area (Å²) in [5.41, 5.74) is 5.30. The highest BCUT2D eigenvalue weighted by Crippen LogP contribution is 2.20. The lowest BCUT2D eigenvalue weighted by atomic mass is 10.2. The summed E-state index contributed by atoms with van der Waals surface area (Å²) in [5.74, 6) is -1.55. The molecule has 2 rings (SSSR count). The summed E-state index contributed by atoms with van der Waals surface area (Å²) in [4.78, 5) is 0. The van der Waals surface area contributed by atoms with E-state index in [2.05, 4.69) is 15.5 Å². The second-order valence-electron chi connectivity index (χ2n) is 2.58. The molecule has 0 unspecified atom stereocenters. The molecule has 0 aliphatic rings. The number of hydrogen-bond donors (Lipinski definition) is 1. The average molecular weight is 197 g/mol. The van der Waals surface area contributed by atoms with Crippen molar-refractivity contribution in [3.8, 4) is 5.69 Å². The fraction of sp³-hybridized carbons (Fsp3) is 0. The Kier molecular flexibility index (Phi) is 1.84.